The first kappa shape index (κ1) is 14.2. The molecule has 0 saturated carbocycles. The summed E-state index contributed by atoms with van der Waals surface area (Å²) >= 11 is 5.89. The molecule has 0 aliphatic heterocycles. The Kier molecular flexibility index (Phi) is 4.15. The van der Waals surface area contributed by atoms with Crippen molar-refractivity contribution in [2.75, 3.05) is 0 Å². The number of hydrogen-bond donors (Lipinski definition) is 0. The minimum Gasteiger partial charge on any atom is -0.312 e. The second kappa shape index (κ2) is 5.84. The summed E-state index contributed by atoms with van der Waals surface area (Å²) in [5, 5.41) is 4.08. The minimum absolute atomic E-state index is 0.0705. The van der Waals surface area contributed by atoms with Gasteiger partial charge in [-0.1, -0.05) is 28.9 Å². The van der Waals surface area contributed by atoms with Crippen molar-refractivity contribution < 1.29 is 14.4 Å². The molecule has 1 aliphatic rings. The standard InChI is InChI=1S/C15H12ClNO3/c1-9-10(2)14(18)8-7-13(9)17-20-15(19)11-5-3-4-6-12(11)16/h3-8H,1-2H3. The van der Waals surface area contributed by atoms with Crippen LogP contribution in [0.1, 0.15) is 24.2 Å². The van der Waals surface area contributed by atoms with Crippen LogP contribution in [0.25, 0.3) is 0 Å². The molecule has 102 valence electrons. The fourth-order valence-electron chi connectivity index (χ4n) is 1.65. The highest BCUT2D eigenvalue weighted by atomic mass is 35.5. The van der Waals surface area contributed by atoms with Gasteiger partial charge in [-0.25, -0.2) is 4.79 Å². The lowest BCUT2D eigenvalue weighted by Crippen LogP contribution is -2.12. The number of allylic oxidation sites excluding steroid dienone is 4. The lowest BCUT2D eigenvalue weighted by Gasteiger charge is -2.09. The Morgan fingerprint density at radius 3 is 2.55 bits per heavy atom. The summed E-state index contributed by atoms with van der Waals surface area (Å²) in [4.78, 5) is 28.1. The molecule has 0 spiro atoms. The van der Waals surface area contributed by atoms with Gasteiger partial charge in [-0.05, 0) is 43.7 Å². The number of oxime groups is 1. The first-order valence-corrected chi connectivity index (χ1v) is 6.32. The van der Waals surface area contributed by atoms with Gasteiger partial charge in [-0.3, -0.25) is 4.79 Å². The summed E-state index contributed by atoms with van der Waals surface area (Å²) in [7, 11) is 0. The van der Waals surface area contributed by atoms with Gasteiger partial charge in [0.15, 0.2) is 5.78 Å². The van der Waals surface area contributed by atoms with Crippen molar-refractivity contribution in [2.24, 2.45) is 5.16 Å². The molecule has 1 aliphatic carbocycles. The lowest BCUT2D eigenvalue weighted by molar-refractivity contribution is -0.111. The maximum Gasteiger partial charge on any atom is 0.367 e. The van der Waals surface area contributed by atoms with Crippen LogP contribution in [-0.4, -0.2) is 17.5 Å². The first-order valence-electron chi connectivity index (χ1n) is 5.95. The molecule has 4 nitrogen and oxygen atoms in total. The van der Waals surface area contributed by atoms with Crippen LogP contribution in [0.15, 0.2) is 52.7 Å². The third-order valence-corrected chi connectivity index (χ3v) is 3.36. The van der Waals surface area contributed by atoms with Gasteiger partial charge >= 0.3 is 5.97 Å². The number of benzene rings is 1. The van der Waals surface area contributed by atoms with Crippen LogP contribution in [0.3, 0.4) is 0 Å². The monoisotopic (exact) mass is 289 g/mol. The van der Waals surface area contributed by atoms with Crippen molar-refractivity contribution >= 4 is 29.1 Å². The van der Waals surface area contributed by atoms with Crippen LogP contribution < -0.4 is 0 Å². The topological polar surface area (TPSA) is 55.7 Å². The number of nitrogens with zero attached hydrogens (tertiary/aromatic N) is 1. The predicted octanol–water partition coefficient (Wildman–Crippen LogP) is 3.33. The number of hydrogen-bond acceptors (Lipinski definition) is 4. The molecular weight excluding hydrogens is 278 g/mol. The largest absolute Gasteiger partial charge is 0.367 e. The van der Waals surface area contributed by atoms with Crippen LogP contribution in [0.4, 0.5) is 0 Å². The zero-order valence-corrected chi connectivity index (χ0v) is 11.8. The van der Waals surface area contributed by atoms with E-state index in [4.69, 9.17) is 16.4 Å². The number of carbonyl (C=O) groups excluding carboxylic acids is 2. The highest BCUT2D eigenvalue weighted by Gasteiger charge is 2.16. The van der Waals surface area contributed by atoms with E-state index in [1.54, 1.807) is 38.1 Å². The molecule has 0 heterocycles. The van der Waals surface area contributed by atoms with Crippen LogP contribution in [0.5, 0.6) is 0 Å². The molecule has 0 N–H and O–H groups in total. The van der Waals surface area contributed by atoms with Gasteiger partial charge in [0, 0.05) is 5.57 Å². The average molecular weight is 290 g/mol. The average Bonchev–Trinajstić information content (AvgIpc) is 2.44. The summed E-state index contributed by atoms with van der Waals surface area (Å²) in [6.45, 7) is 3.45. The molecule has 5 heteroatoms. The zero-order valence-electron chi connectivity index (χ0n) is 11.0. The molecule has 1 aromatic carbocycles. The van der Waals surface area contributed by atoms with Gasteiger partial charge in [0.2, 0.25) is 0 Å². The molecule has 0 saturated heterocycles. The number of carbonyl (C=O) groups is 2. The van der Waals surface area contributed by atoms with Crippen molar-refractivity contribution in [3.05, 3.63) is 58.1 Å². The van der Waals surface area contributed by atoms with Gasteiger partial charge in [0.1, 0.15) is 5.71 Å². The van der Waals surface area contributed by atoms with Crippen molar-refractivity contribution in [1.29, 1.82) is 0 Å². The first-order chi connectivity index (χ1) is 9.50. The molecule has 20 heavy (non-hydrogen) atoms. The molecule has 2 rings (SSSR count). The fourth-order valence-corrected chi connectivity index (χ4v) is 1.86. The van der Waals surface area contributed by atoms with E-state index in [1.165, 1.54) is 12.2 Å². The molecule has 0 fully saturated rings. The van der Waals surface area contributed by atoms with Crippen LogP contribution in [-0.2, 0) is 9.63 Å². The Labute approximate surface area is 121 Å². The Morgan fingerprint density at radius 1 is 1.15 bits per heavy atom. The van der Waals surface area contributed by atoms with E-state index in [2.05, 4.69) is 5.16 Å². The van der Waals surface area contributed by atoms with Crippen molar-refractivity contribution in [3.8, 4) is 0 Å². The highest BCUT2D eigenvalue weighted by Crippen LogP contribution is 2.17. The number of rotatable bonds is 2. The molecule has 0 atom stereocenters. The van der Waals surface area contributed by atoms with E-state index in [0.717, 1.165) is 0 Å². The van der Waals surface area contributed by atoms with E-state index >= 15 is 0 Å². The smallest absolute Gasteiger partial charge is 0.312 e. The van der Waals surface area contributed by atoms with E-state index < -0.39 is 5.97 Å². The molecule has 0 bridgehead atoms. The third-order valence-electron chi connectivity index (χ3n) is 3.03. The van der Waals surface area contributed by atoms with E-state index in [-0.39, 0.29) is 11.3 Å². The van der Waals surface area contributed by atoms with Crippen LogP contribution >= 0.6 is 11.6 Å². The fraction of sp³-hybridized carbons (Fsp3) is 0.133. The van der Waals surface area contributed by atoms with Crippen molar-refractivity contribution in [2.45, 2.75) is 13.8 Å². The Hall–Kier alpha value is -2.20. The SMILES string of the molecule is CC1=C(C)C(=NOC(=O)c2ccccc2Cl)C=CC1=O. The lowest BCUT2D eigenvalue weighted by atomic mass is 9.97. The minimum atomic E-state index is -0.640. The summed E-state index contributed by atoms with van der Waals surface area (Å²) in [5.74, 6) is -0.710. The second-order valence-electron chi connectivity index (χ2n) is 4.28. The van der Waals surface area contributed by atoms with Crippen LogP contribution in [0.2, 0.25) is 5.02 Å². The molecule has 1 aromatic rings. The van der Waals surface area contributed by atoms with Crippen molar-refractivity contribution in [3.63, 3.8) is 0 Å². The molecule has 0 aromatic heterocycles. The number of halogens is 1. The van der Waals surface area contributed by atoms with Gasteiger partial charge in [0.25, 0.3) is 0 Å². The number of ketones is 1. The van der Waals surface area contributed by atoms with Crippen molar-refractivity contribution in [1.82, 2.24) is 0 Å². The molecule has 0 amide bonds. The summed E-state index contributed by atoms with van der Waals surface area (Å²) in [6.07, 6.45) is 2.91. The predicted molar refractivity (Wildman–Crippen MR) is 76.8 cm³/mol. The summed E-state index contributed by atoms with van der Waals surface area (Å²) in [6, 6.07) is 6.56. The Balaban J connectivity index is 2.19. The normalized spacial score (nSPS) is 16.8. The maximum atomic E-state index is 11.8. The Bertz CT molecular complexity index is 671. The van der Waals surface area contributed by atoms with Gasteiger partial charge in [-0.2, -0.15) is 0 Å². The molecule has 0 unspecified atom stereocenters. The van der Waals surface area contributed by atoms with Crippen LogP contribution in [0, 0.1) is 0 Å². The molecule has 0 radical (unpaired) electrons. The Morgan fingerprint density at radius 2 is 1.85 bits per heavy atom. The maximum absolute atomic E-state index is 11.8. The molecular formula is C15H12ClNO3. The second-order valence-corrected chi connectivity index (χ2v) is 4.69. The quantitative estimate of drug-likeness (QED) is 0.477. The van der Waals surface area contributed by atoms with E-state index in [0.29, 0.717) is 21.9 Å². The summed E-state index contributed by atoms with van der Waals surface area (Å²) < 4.78 is 0. The van der Waals surface area contributed by atoms with E-state index in [9.17, 15) is 9.59 Å². The zero-order chi connectivity index (χ0) is 14.7. The van der Waals surface area contributed by atoms with Gasteiger partial charge in [-0.15, -0.1) is 0 Å². The highest BCUT2D eigenvalue weighted by molar-refractivity contribution is 6.33. The van der Waals surface area contributed by atoms with E-state index in [1.807, 2.05) is 0 Å². The third kappa shape index (κ3) is 2.86. The van der Waals surface area contributed by atoms with Gasteiger partial charge < -0.3 is 4.84 Å². The summed E-state index contributed by atoms with van der Waals surface area (Å²) in [5.41, 5.74) is 1.96. The van der Waals surface area contributed by atoms with Gasteiger partial charge in [0.05, 0.1) is 10.6 Å².